The number of carbonyl (C=O) groups is 1. The Kier molecular flexibility index (Phi) is 8.33. The van der Waals surface area contributed by atoms with E-state index >= 15 is 0 Å². The third-order valence-electron chi connectivity index (χ3n) is 4.22. The highest BCUT2D eigenvalue weighted by Gasteiger charge is 2.16. The van der Waals surface area contributed by atoms with Gasteiger partial charge in [-0.25, -0.2) is 0 Å². The number of hydrogen-bond donors (Lipinski definition) is 2. The van der Waals surface area contributed by atoms with Crippen LogP contribution in [0.2, 0.25) is 0 Å². The third kappa shape index (κ3) is 6.98. The zero-order valence-corrected chi connectivity index (χ0v) is 20.0. The van der Waals surface area contributed by atoms with E-state index in [-0.39, 0.29) is 12.3 Å². The van der Waals surface area contributed by atoms with Gasteiger partial charge in [0.1, 0.15) is 6.61 Å². The monoisotopic (exact) mass is 476 g/mol. The lowest BCUT2D eigenvalue weighted by Crippen LogP contribution is -2.17. The van der Waals surface area contributed by atoms with E-state index < -0.39 is 0 Å². The Morgan fingerprint density at radius 2 is 1.97 bits per heavy atom. The summed E-state index contributed by atoms with van der Waals surface area (Å²) >= 11 is 5.02. The van der Waals surface area contributed by atoms with Gasteiger partial charge in [0.05, 0.1) is 13.5 Å². The van der Waals surface area contributed by atoms with Gasteiger partial charge in [-0.05, 0) is 68.1 Å². The van der Waals surface area contributed by atoms with Crippen LogP contribution in [-0.2, 0) is 17.8 Å². The number of methoxy groups -OCH3 is 1. The van der Waals surface area contributed by atoms with Crippen LogP contribution in [0.4, 0.5) is 10.8 Å². The SMILES string of the molecule is COc1cc(CC(=O)Nc2nc(=S)ss2)c(NCC(C)C)cc1OCc1ccncc1. The molecule has 2 N–H and O–H groups in total. The molecule has 7 nitrogen and oxygen atoms in total. The lowest BCUT2D eigenvalue weighted by Gasteiger charge is -2.18. The van der Waals surface area contributed by atoms with E-state index in [1.54, 1.807) is 19.5 Å². The Morgan fingerprint density at radius 3 is 2.61 bits per heavy atom. The number of carbonyl (C=O) groups excluding carboxylic acids is 1. The Morgan fingerprint density at radius 1 is 1.19 bits per heavy atom. The molecule has 2 heterocycles. The molecule has 0 saturated carbocycles. The predicted molar refractivity (Wildman–Crippen MR) is 128 cm³/mol. The predicted octanol–water partition coefficient (Wildman–Crippen LogP) is 5.17. The third-order valence-corrected chi connectivity index (χ3v) is 6.74. The van der Waals surface area contributed by atoms with Gasteiger partial charge < -0.3 is 20.1 Å². The van der Waals surface area contributed by atoms with Crippen molar-refractivity contribution in [2.75, 3.05) is 24.3 Å². The fourth-order valence-electron chi connectivity index (χ4n) is 2.72. The van der Waals surface area contributed by atoms with Crippen LogP contribution in [0.15, 0.2) is 36.7 Å². The highest BCUT2D eigenvalue weighted by Crippen LogP contribution is 2.35. The summed E-state index contributed by atoms with van der Waals surface area (Å²) in [6.07, 6.45) is 3.62. The van der Waals surface area contributed by atoms with Gasteiger partial charge >= 0.3 is 0 Å². The number of amides is 1. The molecule has 0 spiro atoms. The molecule has 164 valence electrons. The van der Waals surface area contributed by atoms with Crippen molar-refractivity contribution in [1.29, 1.82) is 0 Å². The number of aromatic nitrogens is 2. The minimum absolute atomic E-state index is 0.165. The molecule has 3 aromatic rings. The summed E-state index contributed by atoms with van der Waals surface area (Å²) in [7, 11) is 4.29. The highest BCUT2D eigenvalue weighted by atomic mass is 32.9. The second-order valence-electron chi connectivity index (χ2n) is 7.15. The van der Waals surface area contributed by atoms with E-state index in [2.05, 4.69) is 34.4 Å². The van der Waals surface area contributed by atoms with Crippen molar-refractivity contribution in [3.8, 4) is 11.5 Å². The summed E-state index contributed by atoms with van der Waals surface area (Å²) < 4.78 is 12.1. The van der Waals surface area contributed by atoms with Crippen molar-refractivity contribution in [2.24, 2.45) is 5.92 Å². The first-order valence-corrected chi connectivity index (χ1v) is 12.2. The van der Waals surface area contributed by atoms with E-state index in [1.807, 2.05) is 24.3 Å². The second-order valence-corrected chi connectivity index (χ2v) is 9.91. The van der Waals surface area contributed by atoms with E-state index in [1.165, 1.54) is 20.7 Å². The second kappa shape index (κ2) is 11.2. The maximum absolute atomic E-state index is 12.6. The topological polar surface area (TPSA) is 85.4 Å². The zero-order valence-electron chi connectivity index (χ0n) is 17.5. The molecule has 1 aromatic carbocycles. The van der Waals surface area contributed by atoms with Gasteiger partial charge in [0.25, 0.3) is 0 Å². The van der Waals surface area contributed by atoms with E-state index in [0.717, 1.165) is 23.4 Å². The first-order chi connectivity index (χ1) is 14.9. The van der Waals surface area contributed by atoms with Crippen LogP contribution in [0.1, 0.15) is 25.0 Å². The molecule has 3 rings (SSSR count). The molecule has 0 fully saturated rings. The molecule has 0 saturated heterocycles. The van der Waals surface area contributed by atoms with Crippen molar-refractivity contribution < 1.29 is 14.3 Å². The fourth-order valence-corrected chi connectivity index (χ4v) is 4.60. The zero-order chi connectivity index (χ0) is 22.2. The first kappa shape index (κ1) is 23.1. The van der Waals surface area contributed by atoms with E-state index in [0.29, 0.717) is 33.1 Å². The van der Waals surface area contributed by atoms with Crippen LogP contribution in [0.25, 0.3) is 0 Å². The standard InChI is InChI=1S/C21H24N4O3S3/c1-13(2)11-23-16-10-18(28-12-14-4-6-22-7-5-14)17(27-3)8-15(16)9-19(26)24-20-25-21(29)31-30-20/h4-8,10,13,23H,9,11-12H2,1-3H3,(H,24,25,26,29). The Bertz CT molecular complexity index is 1070. The van der Waals surface area contributed by atoms with Gasteiger partial charge in [-0.15, -0.1) is 0 Å². The van der Waals surface area contributed by atoms with Gasteiger partial charge in [-0.3, -0.25) is 9.78 Å². The average molecular weight is 477 g/mol. The van der Waals surface area contributed by atoms with Crippen molar-refractivity contribution in [2.45, 2.75) is 26.9 Å². The largest absolute Gasteiger partial charge is 0.493 e. The van der Waals surface area contributed by atoms with Crippen molar-refractivity contribution in [3.63, 3.8) is 0 Å². The van der Waals surface area contributed by atoms with Gasteiger partial charge in [-0.1, -0.05) is 13.8 Å². The molecule has 0 unspecified atom stereocenters. The molecular formula is C21H24N4O3S3. The maximum atomic E-state index is 12.6. The smallest absolute Gasteiger partial charge is 0.230 e. The van der Waals surface area contributed by atoms with Gasteiger partial charge in [-0.2, -0.15) is 4.98 Å². The summed E-state index contributed by atoms with van der Waals surface area (Å²) in [6, 6.07) is 7.53. The number of nitrogens with zero attached hydrogens (tertiary/aromatic N) is 2. The quantitative estimate of drug-likeness (QED) is 0.309. The Hall–Kier alpha value is -2.56. The number of rotatable bonds is 10. The number of hydrogen-bond acceptors (Lipinski definition) is 9. The van der Waals surface area contributed by atoms with Crippen LogP contribution in [0.5, 0.6) is 11.5 Å². The summed E-state index contributed by atoms with van der Waals surface area (Å²) in [5.41, 5.74) is 2.65. The number of pyridine rings is 1. The molecule has 0 bridgehead atoms. The summed E-state index contributed by atoms with van der Waals surface area (Å²) in [4.78, 5) is 20.8. The van der Waals surface area contributed by atoms with Gasteiger partial charge in [0.2, 0.25) is 11.0 Å². The Labute approximate surface area is 193 Å². The number of nitrogens with one attached hydrogen (secondary N) is 2. The van der Waals surface area contributed by atoms with Gasteiger partial charge in [0.15, 0.2) is 15.5 Å². The normalized spacial score (nSPS) is 10.7. The molecular weight excluding hydrogens is 452 g/mol. The van der Waals surface area contributed by atoms with Crippen molar-refractivity contribution in [3.05, 3.63) is 51.7 Å². The molecule has 0 aliphatic rings. The average Bonchev–Trinajstić information content (AvgIpc) is 3.16. The number of anilines is 2. The van der Waals surface area contributed by atoms with Gasteiger partial charge in [0, 0.05) is 30.7 Å². The van der Waals surface area contributed by atoms with E-state index in [9.17, 15) is 4.79 Å². The molecule has 1 amide bonds. The molecule has 0 radical (unpaired) electrons. The fraction of sp³-hybridized carbons (Fsp3) is 0.333. The lowest BCUT2D eigenvalue weighted by atomic mass is 10.1. The van der Waals surface area contributed by atoms with Crippen LogP contribution >= 0.6 is 32.9 Å². The summed E-state index contributed by atoms with van der Waals surface area (Å²) in [5.74, 6) is 1.44. The molecule has 0 aliphatic heterocycles. The molecule has 2 aromatic heterocycles. The molecule has 0 aliphatic carbocycles. The number of ether oxygens (including phenoxy) is 2. The van der Waals surface area contributed by atoms with Crippen LogP contribution in [0, 0.1) is 9.87 Å². The summed E-state index contributed by atoms with van der Waals surface area (Å²) in [5, 5.41) is 6.75. The number of benzene rings is 1. The Balaban J connectivity index is 1.81. The molecule has 31 heavy (non-hydrogen) atoms. The highest BCUT2D eigenvalue weighted by molar-refractivity contribution is 7.79. The minimum atomic E-state index is -0.170. The van der Waals surface area contributed by atoms with Crippen LogP contribution < -0.4 is 20.1 Å². The van der Waals surface area contributed by atoms with Crippen molar-refractivity contribution >= 4 is 49.6 Å². The van der Waals surface area contributed by atoms with Crippen LogP contribution in [-0.4, -0.2) is 29.5 Å². The van der Waals surface area contributed by atoms with Crippen molar-refractivity contribution in [1.82, 2.24) is 9.97 Å². The minimum Gasteiger partial charge on any atom is -0.493 e. The summed E-state index contributed by atoms with van der Waals surface area (Å²) in [6.45, 7) is 5.40. The van der Waals surface area contributed by atoms with E-state index in [4.69, 9.17) is 21.7 Å². The maximum Gasteiger partial charge on any atom is 0.230 e. The molecule has 0 atom stereocenters. The van der Waals surface area contributed by atoms with Crippen LogP contribution in [0.3, 0.4) is 0 Å². The lowest BCUT2D eigenvalue weighted by molar-refractivity contribution is -0.115. The first-order valence-electron chi connectivity index (χ1n) is 9.68. The molecule has 10 heteroatoms.